The van der Waals surface area contributed by atoms with Gasteiger partial charge in [-0.1, -0.05) is 6.92 Å². The number of nitrogens with zero attached hydrogens (tertiary/aromatic N) is 1. The molecule has 1 saturated carbocycles. The van der Waals surface area contributed by atoms with E-state index in [1.165, 1.54) is 17.7 Å². The fourth-order valence-electron chi connectivity index (χ4n) is 2.36. The molecule has 0 aromatic heterocycles. The van der Waals surface area contributed by atoms with Gasteiger partial charge in [0.1, 0.15) is 0 Å². The van der Waals surface area contributed by atoms with Crippen molar-refractivity contribution in [2.45, 2.75) is 57.9 Å². The number of hydrogen-bond donors (Lipinski definition) is 0. The molecule has 1 aliphatic heterocycles. The van der Waals surface area contributed by atoms with Crippen LogP contribution in [0.3, 0.4) is 0 Å². The third kappa shape index (κ3) is 2.53. The number of amides is 1. The van der Waals surface area contributed by atoms with Crippen LogP contribution in [0.2, 0.25) is 0 Å². The van der Waals surface area contributed by atoms with Crippen molar-refractivity contribution < 1.29 is 13.6 Å². The normalized spacial score (nSPS) is 30.5. The van der Waals surface area contributed by atoms with E-state index in [2.05, 4.69) is 6.92 Å². The lowest BCUT2D eigenvalue weighted by Gasteiger charge is -2.21. The zero-order valence-corrected chi connectivity index (χ0v) is 9.93. The molecule has 16 heavy (non-hydrogen) atoms. The zero-order valence-electron chi connectivity index (χ0n) is 9.93. The van der Waals surface area contributed by atoms with Crippen molar-refractivity contribution in [2.75, 3.05) is 6.54 Å². The van der Waals surface area contributed by atoms with Gasteiger partial charge in [0, 0.05) is 18.9 Å². The Morgan fingerprint density at radius 3 is 2.50 bits per heavy atom. The van der Waals surface area contributed by atoms with Gasteiger partial charge >= 0.3 is 0 Å². The Morgan fingerprint density at radius 1 is 1.44 bits per heavy atom. The number of hydrogen-bond acceptors (Lipinski definition) is 1. The molecule has 2 fully saturated rings. The zero-order chi connectivity index (χ0) is 12.0. The Balaban J connectivity index is 1.85. The van der Waals surface area contributed by atoms with Gasteiger partial charge in [0.25, 0.3) is 5.92 Å². The van der Waals surface area contributed by atoms with E-state index < -0.39 is 5.92 Å². The maximum atomic E-state index is 13.1. The van der Waals surface area contributed by atoms with Gasteiger partial charge in [0.15, 0.2) is 0 Å². The third-order valence-corrected chi connectivity index (χ3v) is 3.89. The first kappa shape index (κ1) is 11.8. The van der Waals surface area contributed by atoms with Gasteiger partial charge in [-0.15, -0.1) is 0 Å². The van der Waals surface area contributed by atoms with Crippen molar-refractivity contribution in [2.24, 2.45) is 5.41 Å². The van der Waals surface area contributed by atoms with Crippen LogP contribution in [-0.4, -0.2) is 29.3 Å². The quantitative estimate of drug-likeness (QED) is 0.731. The summed E-state index contributed by atoms with van der Waals surface area (Å²) in [6, 6.07) is -0.311. The first-order chi connectivity index (χ1) is 7.31. The summed E-state index contributed by atoms with van der Waals surface area (Å²) < 4.78 is 26.2. The fraction of sp³-hybridized carbons (Fsp3) is 0.917. The van der Waals surface area contributed by atoms with Gasteiger partial charge < -0.3 is 4.90 Å². The SMILES string of the molecule is CC1CC(F)(F)CN1C(=O)CCC1(C)CC1. The summed E-state index contributed by atoms with van der Waals surface area (Å²) in [6.07, 6.45) is 3.44. The second kappa shape index (κ2) is 3.67. The van der Waals surface area contributed by atoms with Crippen molar-refractivity contribution in [3.63, 3.8) is 0 Å². The summed E-state index contributed by atoms with van der Waals surface area (Å²) in [6.45, 7) is 3.48. The summed E-state index contributed by atoms with van der Waals surface area (Å²) in [5, 5.41) is 0. The molecule has 1 heterocycles. The molecule has 2 nitrogen and oxygen atoms in total. The fourth-order valence-corrected chi connectivity index (χ4v) is 2.36. The molecule has 0 aromatic rings. The lowest BCUT2D eigenvalue weighted by Crippen LogP contribution is -2.35. The number of carbonyl (C=O) groups is 1. The summed E-state index contributed by atoms with van der Waals surface area (Å²) in [5.74, 6) is -2.78. The van der Waals surface area contributed by atoms with Crippen LogP contribution in [0.4, 0.5) is 8.78 Å². The van der Waals surface area contributed by atoms with Crippen LogP contribution in [0.25, 0.3) is 0 Å². The Kier molecular flexibility index (Phi) is 2.71. The molecule has 0 aromatic carbocycles. The Bertz CT molecular complexity index is 299. The minimum absolute atomic E-state index is 0.0993. The molecule has 1 unspecified atom stereocenters. The van der Waals surface area contributed by atoms with Crippen LogP contribution >= 0.6 is 0 Å². The maximum Gasteiger partial charge on any atom is 0.267 e. The number of likely N-dealkylation sites (tertiary alicyclic amines) is 1. The predicted octanol–water partition coefficient (Wildman–Crippen LogP) is 2.82. The number of halogens is 2. The Labute approximate surface area is 95.0 Å². The van der Waals surface area contributed by atoms with E-state index in [9.17, 15) is 13.6 Å². The van der Waals surface area contributed by atoms with Crippen LogP contribution in [0.1, 0.15) is 46.0 Å². The van der Waals surface area contributed by atoms with Gasteiger partial charge in [-0.05, 0) is 31.6 Å². The van der Waals surface area contributed by atoms with E-state index in [4.69, 9.17) is 0 Å². The summed E-state index contributed by atoms with van der Waals surface area (Å²) in [5.41, 5.74) is 0.321. The molecule has 4 heteroatoms. The summed E-state index contributed by atoms with van der Waals surface area (Å²) in [7, 11) is 0. The van der Waals surface area contributed by atoms with Crippen LogP contribution in [0.15, 0.2) is 0 Å². The lowest BCUT2D eigenvalue weighted by molar-refractivity contribution is -0.133. The van der Waals surface area contributed by atoms with Crippen molar-refractivity contribution in [1.82, 2.24) is 4.90 Å². The topological polar surface area (TPSA) is 20.3 Å². The van der Waals surface area contributed by atoms with Gasteiger partial charge in [0.05, 0.1) is 6.54 Å². The van der Waals surface area contributed by atoms with Crippen LogP contribution in [-0.2, 0) is 4.79 Å². The van der Waals surface area contributed by atoms with Gasteiger partial charge in [-0.25, -0.2) is 8.78 Å². The molecule has 2 aliphatic rings. The lowest BCUT2D eigenvalue weighted by atomic mass is 10.0. The van der Waals surface area contributed by atoms with Gasteiger partial charge in [-0.2, -0.15) is 0 Å². The van der Waals surface area contributed by atoms with Crippen LogP contribution in [0, 0.1) is 5.41 Å². The van der Waals surface area contributed by atoms with Gasteiger partial charge in [0.2, 0.25) is 5.91 Å². The first-order valence-corrected chi connectivity index (χ1v) is 5.99. The van der Waals surface area contributed by atoms with Crippen molar-refractivity contribution in [3.05, 3.63) is 0 Å². The highest BCUT2D eigenvalue weighted by Gasteiger charge is 2.45. The molecule has 1 amide bonds. The third-order valence-electron chi connectivity index (χ3n) is 3.89. The van der Waals surface area contributed by atoms with E-state index in [-0.39, 0.29) is 24.9 Å². The Morgan fingerprint density at radius 2 is 2.06 bits per heavy atom. The first-order valence-electron chi connectivity index (χ1n) is 5.99. The molecule has 0 N–H and O–H groups in total. The highest BCUT2D eigenvalue weighted by atomic mass is 19.3. The standard InChI is InChI=1S/C12H19F2NO/c1-9-7-12(13,14)8-15(9)10(16)3-4-11(2)5-6-11/h9H,3-8H2,1-2H3. The molecule has 0 spiro atoms. The molecule has 1 aliphatic carbocycles. The average Bonchev–Trinajstić information content (AvgIpc) is 2.82. The molecule has 0 radical (unpaired) electrons. The smallest absolute Gasteiger partial charge is 0.267 e. The number of carbonyl (C=O) groups excluding carboxylic acids is 1. The highest BCUT2D eigenvalue weighted by Crippen LogP contribution is 2.49. The highest BCUT2D eigenvalue weighted by molar-refractivity contribution is 5.77. The van der Waals surface area contributed by atoms with Crippen LogP contribution in [0.5, 0.6) is 0 Å². The molecule has 1 saturated heterocycles. The largest absolute Gasteiger partial charge is 0.334 e. The minimum atomic E-state index is -2.68. The summed E-state index contributed by atoms with van der Waals surface area (Å²) in [4.78, 5) is 13.2. The molecular weight excluding hydrogens is 212 g/mol. The minimum Gasteiger partial charge on any atom is -0.334 e. The second-order valence-electron chi connectivity index (χ2n) is 5.74. The van der Waals surface area contributed by atoms with E-state index in [0.717, 1.165) is 6.42 Å². The van der Waals surface area contributed by atoms with Crippen molar-refractivity contribution in [3.8, 4) is 0 Å². The van der Waals surface area contributed by atoms with Crippen molar-refractivity contribution in [1.29, 1.82) is 0 Å². The average molecular weight is 231 g/mol. The number of rotatable bonds is 3. The van der Waals surface area contributed by atoms with Crippen LogP contribution < -0.4 is 0 Å². The maximum absolute atomic E-state index is 13.1. The molecule has 1 atom stereocenters. The molecule has 2 rings (SSSR count). The van der Waals surface area contributed by atoms with E-state index >= 15 is 0 Å². The van der Waals surface area contributed by atoms with E-state index in [1.54, 1.807) is 6.92 Å². The van der Waals surface area contributed by atoms with E-state index in [0.29, 0.717) is 11.8 Å². The molecule has 92 valence electrons. The molecular formula is C12H19F2NO. The number of alkyl halides is 2. The van der Waals surface area contributed by atoms with Gasteiger partial charge in [-0.3, -0.25) is 4.79 Å². The second-order valence-corrected chi connectivity index (χ2v) is 5.74. The van der Waals surface area contributed by atoms with Crippen molar-refractivity contribution >= 4 is 5.91 Å². The predicted molar refractivity (Wildman–Crippen MR) is 57.3 cm³/mol. The monoisotopic (exact) mass is 231 g/mol. The summed E-state index contributed by atoms with van der Waals surface area (Å²) >= 11 is 0. The van der Waals surface area contributed by atoms with E-state index in [1.807, 2.05) is 0 Å². The molecule has 0 bridgehead atoms. The Hall–Kier alpha value is -0.670.